The fourth-order valence-corrected chi connectivity index (χ4v) is 2.15. The zero-order valence-corrected chi connectivity index (χ0v) is 11.7. The Kier molecular flexibility index (Phi) is 3.63. The van der Waals surface area contributed by atoms with E-state index >= 15 is 0 Å². The van der Waals surface area contributed by atoms with Crippen LogP contribution in [0.5, 0.6) is 0 Å². The molecule has 0 radical (unpaired) electrons. The van der Waals surface area contributed by atoms with Crippen LogP contribution in [0.4, 0.5) is 0 Å². The summed E-state index contributed by atoms with van der Waals surface area (Å²) in [5.74, 6) is -0.0816. The molecule has 0 spiro atoms. The van der Waals surface area contributed by atoms with E-state index in [4.69, 9.17) is 0 Å². The van der Waals surface area contributed by atoms with Gasteiger partial charge in [-0.25, -0.2) is 4.98 Å². The van der Waals surface area contributed by atoms with Gasteiger partial charge in [0, 0.05) is 31.7 Å². The molecule has 3 aromatic heterocycles. The van der Waals surface area contributed by atoms with Gasteiger partial charge in [0.15, 0.2) is 0 Å². The standard InChI is InChI=1S/C14H16N6O/c1-11-9-19-10-12(3-4-13(19)17-11)14(21)15-5-2-7-20-8-6-16-18-20/h3-4,6,8-10H,2,5,7H2,1H3,(H,15,21). The molecule has 0 saturated heterocycles. The lowest BCUT2D eigenvalue weighted by atomic mass is 10.2. The van der Waals surface area contributed by atoms with Crippen molar-refractivity contribution in [2.24, 2.45) is 0 Å². The van der Waals surface area contributed by atoms with Gasteiger partial charge >= 0.3 is 0 Å². The predicted octanol–water partition coefficient (Wildman–Crippen LogP) is 1.05. The topological polar surface area (TPSA) is 77.1 Å². The quantitative estimate of drug-likeness (QED) is 0.711. The van der Waals surface area contributed by atoms with E-state index in [0.717, 1.165) is 24.3 Å². The van der Waals surface area contributed by atoms with Crippen LogP contribution in [0.2, 0.25) is 0 Å². The highest BCUT2D eigenvalue weighted by Crippen LogP contribution is 2.07. The second-order valence-corrected chi connectivity index (χ2v) is 4.84. The van der Waals surface area contributed by atoms with Crippen molar-refractivity contribution in [3.63, 3.8) is 0 Å². The van der Waals surface area contributed by atoms with Crippen molar-refractivity contribution in [2.75, 3.05) is 6.54 Å². The molecular weight excluding hydrogens is 268 g/mol. The van der Waals surface area contributed by atoms with Crippen LogP contribution in [0.25, 0.3) is 5.65 Å². The van der Waals surface area contributed by atoms with E-state index in [0.29, 0.717) is 12.1 Å². The minimum Gasteiger partial charge on any atom is -0.352 e. The minimum atomic E-state index is -0.0816. The molecule has 7 heteroatoms. The van der Waals surface area contributed by atoms with E-state index in [2.05, 4.69) is 20.6 Å². The first-order chi connectivity index (χ1) is 10.2. The molecule has 1 amide bonds. The molecule has 21 heavy (non-hydrogen) atoms. The Hall–Kier alpha value is -2.70. The van der Waals surface area contributed by atoms with E-state index in [1.54, 1.807) is 29.3 Å². The Morgan fingerprint density at radius 3 is 3.05 bits per heavy atom. The summed E-state index contributed by atoms with van der Waals surface area (Å²) in [5, 5.41) is 10.5. The summed E-state index contributed by atoms with van der Waals surface area (Å²) in [4.78, 5) is 16.4. The van der Waals surface area contributed by atoms with E-state index < -0.39 is 0 Å². The molecular formula is C14H16N6O. The summed E-state index contributed by atoms with van der Waals surface area (Å²) in [6, 6.07) is 3.63. The number of carbonyl (C=O) groups excluding carboxylic acids is 1. The van der Waals surface area contributed by atoms with Crippen molar-refractivity contribution in [3.05, 3.63) is 48.2 Å². The normalized spacial score (nSPS) is 10.9. The molecule has 108 valence electrons. The van der Waals surface area contributed by atoms with Gasteiger partial charge < -0.3 is 9.72 Å². The molecule has 0 bridgehead atoms. The third-order valence-corrected chi connectivity index (χ3v) is 3.16. The Morgan fingerprint density at radius 1 is 1.33 bits per heavy atom. The van der Waals surface area contributed by atoms with Gasteiger partial charge in [0.1, 0.15) is 5.65 Å². The highest BCUT2D eigenvalue weighted by atomic mass is 16.1. The van der Waals surface area contributed by atoms with Gasteiger partial charge in [0.05, 0.1) is 17.5 Å². The van der Waals surface area contributed by atoms with E-state index in [9.17, 15) is 4.79 Å². The largest absolute Gasteiger partial charge is 0.352 e. The number of carbonyl (C=O) groups is 1. The second-order valence-electron chi connectivity index (χ2n) is 4.84. The van der Waals surface area contributed by atoms with Crippen molar-refractivity contribution in [3.8, 4) is 0 Å². The number of nitrogens with one attached hydrogen (secondary N) is 1. The predicted molar refractivity (Wildman–Crippen MR) is 76.9 cm³/mol. The van der Waals surface area contributed by atoms with Crippen molar-refractivity contribution in [1.29, 1.82) is 0 Å². The number of hydrogen-bond acceptors (Lipinski definition) is 4. The Balaban J connectivity index is 1.56. The Bertz CT molecular complexity index is 746. The number of aromatic nitrogens is 5. The number of hydrogen-bond donors (Lipinski definition) is 1. The first-order valence-electron chi connectivity index (χ1n) is 6.80. The lowest BCUT2D eigenvalue weighted by molar-refractivity contribution is 0.0952. The average Bonchev–Trinajstić information content (AvgIpc) is 3.10. The van der Waals surface area contributed by atoms with Gasteiger partial charge in [-0.3, -0.25) is 9.48 Å². The third-order valence-electron chi connectivity index (χ3n) is 3.16. The smallest absolute Gasteiger partial charge is 0.252 e. The number of amides is 1. The lowest BCUT2D eigenvalue weighted by Gasteiger charge is -2.05. The molecule has 3 rings (SSSR count). The van der Waals surface area contributed by atoms with Gasteiger partial charge in [-0.15, -0.1) is 5.10 Å². The zero-order valence-electron chi connectivity index (χ0n) is 11.7. The lowest BCUT2D eigenvalue weighted by Crippen LogP contribution is -2.25. The third kappa shape index (κ3) is 3.07. The minimum absolute atomic E-state index is 0.0816. The van der Waals surface area contributed by atoms with Crippen molar-refractivity contribution in [2.45, 2.75) is 19.9 Å². The van der Waals surface area contributed by atoms with Crippen LogP contribution in [-0.2, 0) is 6.54 Å². The molecule has 0 aliphatic rings. The zero-order chi connectivity index (χ0) is 14.7. The highest BCUT2D eigenvalue weighted by Gasteiger charge is 2.06. The maximum absolute atomic E-state index is 12.1. The van der Waals surface area contributed by atoms with Gasteiger partial charge in [-0.2, -0.15) is 0 Å². The number of fused-ring (bicyclic) bond motifs is 1. The number of rotatable bonds is 5. The van der Waals surface area contributed by atoms with Crippen LogP contribution in [0, 0.1) is 6.92 Å². The van der Waals surface area contributed by atoms with Crippen molar-refractivity contribution < 1.29 is 4.79 Å². The maximum atomic E-state index is 12.1. The van der Waals surface area contributed by atoms with Crippen molar-refractivity contribution in [1.82, 2.24) is 29.7 Å². The molecule has 0 aliphatic heterocycles. The first-order valence-corrected chi connectivity index (χ1v) is 6.80. The molecule has 3 heterocycles. The monoisotopic (exact) mass is 284 g/mol. The first kappa shape index (κ1) is 13.3. The summed E-state index contributed by atoms with van der Waals surface area (Å²) in [6.07, 6.45) is 7.94. The van der Waals surface area contributed by atoms with Gasteiger partial charge in [-0.1, -0.05) is 5.21 Å². The highest BCUT2D eigenvalue weighted by molar-refractivity contribution is 5.94. The SMILES string of the molecule is Cc1cn2cc(C(=O)NCCCn3ccnn3)ccc2n1. The molecule has 7 nitrogen and oxygen atoms in total. The number of aryl methyl sites for hydroxylation is 2. The number of pyridine rings is 1. The van der Waals surface area contributed by atoms with Gasteiger partial charge in [0.2, 0.25) is 0 Å². The molecule has 1 N–H and O–H groups in total. The fourth-order valence-electron chi connectivity index (χ4n) is 2.15. The summed E-state index contributed by atoms with van der Waals surface area (Å²) < 4.78 is 3.60. The van der Waals surface area contributed by atoms with Crippen LogP contribution in [-0.4, -0.2) is 36.8 Å². The summed E-state index contributed by atoms with van der Waals surface area (Å²) >= 11 is 0. The molecule has 0 atom stereocenters. The van der Waals surface area contributed by atoms with Gasteiger partial charge in [-0.05, 0) is 25.5 Å². The van der Waals surface area contributed by atoms with Crippen LogP contribution in [0.3, 0.4) is 0 Å². The average molecular weight is 284 g/mol. The summed E-state index contributed by atoms with van der Waals surface area (Å²) in [6.45, 7) is 3.26. The van der Waals surface area contributed by atoms with Crippen LogP contribution < -0.4 is 5.32 Å². The number of imidazole rings is 1. The van der Waals surface area contributed by atoms with Gasteiger partial charge in [0.25, 0.3) is 5.91 Å². The van der Waals surface area contributed by atoms with Crippen LogP contribution in [0.15, 0.2) is 36.9 Å². The van der Waals surface area contributed by atoms with E-state index in [1.165, 1.54) is 0 Å². The molecule has 3 aromatic rings. The molecule has 0 aliphatic carbocycles. The molecule has 0 aromatic carbocycles. The summed E-state index contributed by atoms with van der Waals surface area (Å²) in [7, 11) is 0. The Labute approximate surface area is 121 Å². The van der Waals surface area contributed by atoms with Crippen molar-refractivity contribution >= 4 is 11.6 Å². The Morgan fingerprint density at radius 2 is 2.24 bits per heavy atom. The van der Waals surface area contributed by atoms with E-state index in [1.807, 2.05) is 23.6 Å². The summed E-state index contributed by atoms with van der Waals surface area (Å²) in [5.41, 5.74) is 2.40. The van der Waals surface area contributed by atoms with E-state index in [-0.39, 0.29) is 5.91 Å². The number of nitrogens with zero attached hydrogens (tertiary/aromatic N) is 5. The second kappa shape index (κ2) is 5.74. The molecule has 0 saturated carbocycles. The van der Waals surface area contributed by atoms with Crippen LogP contribution >= 0.6 is 0 Å². The fraction of sp³-hybridized carbons (Fsp3) is 0.286. The maximum Gasteiger partial charge on any atom is 0.252 e. The molecule has 0 fully saturated rings. The van der Waals surface area contributed by atoms with Crippen LogP contribution in [0.1, 0.15) is 22.5 Å². The molecule has 0 unspecified atom stereocenters.